The van der Waals surface area contributed by atoms with Crippen LogP contribution in [0.1, 0.15) is 25.6 Å². The number of aliphatic hydroxyl groups excluding tert-OH is 1. The predicted octanol–water partition coefficient (Wildman–Crippen LogP) is 4.72. The zero-order chi connectivity index (χ0) is 26.1. The number of hydrogen-bond acceptors (Lipinski definition) is 8. The Morgan fingerprint density at radius 3 is 2.58 bits per heavy atom. The number of methoxy groups -OCH3 is 1. The summed E-state index contributed by atoms with van der Waals surface area (Å²) in [7, 11) is 1.40. The van der Waals surface area contributed by atoms with Gasteiger partial charge in [-0.15, -0.1) is 11.3 Å². The van der Waals surface area contributed by atoms with Crippen LogP contribution in [0.3, 0.4) is 0 Å². The highest BCUT2D eigenvalue weighted by Crippen LogP contribution is 2.35. The number of amides is 2. The molecule has 0 radical (unpaired) electrons. The molecule has 0 aliphatic rings. The average Bonchev–Trinajstić information content (AvgIpc) is 3.23. The number of nitrogens with zero attached hydrogens (tertiary/aromatic N) is 1. The third kappa shape index (κ3) is 7.53. The van der Waals surface area contributed by atoms with Gasteiger partial charge < -0.3 is 30.5 Å². The standard InChI is InChI=1S/C23H23Cl3N4O5S/c1-34-17-9-15(25)8-16(22(32)29-18-3-2-14(24)11-28-18)20(17)30-23(33)21-19(26)13(12-36-21)10-27-4-6-35-7-5-31/h2-3,8-9,11-12,27,31H,4-7,10H2,1H3,(H,30,33)(H,28,29,32). The maximum absolute atomic E-state index is 13.1. The molecule has 0 spiro atoms. The lowest BCUT2D eigenvalue weighted by Gasteiger charge is -2.15. The van der Waals surface area contributed by atoms with E-state index in [1.54, 1.807) is 17.5 Å². The summed E-state index contributed by atoms with van der Waals surface area (Å²) in [6, 6.07) is 6.02. The van der Waals surface area contributed by atoms with E-state index in [2.05, 4.69) is 20.9 Å². The molecule has 2 amide bonds. The van der Waals surface area contributed by atoms with Crippen molar-refractivity contribution >= 4 is 69.5 Å². The van der Waals surface area contributed by atoms with Gasteiger partial charge in [-0.3, -0.25) is 9.59 Å². The molecule has 13 heteroatoms. The maximum atomic E-state index is 13.1. The summed E-state index contributed by atoms with van der Waals surface area (Å²) >= 11 is 19.7. The Labute approximate surface area is 226 Å². The summed E-state index contributed by atoms with van der Waals surface area (Å²) in [5.41, 5.74) is 0.939. The van der Waals surface area contributed by atoms with Gasteiger partial charge in [0.2, 0.25) is 0 Å². The van der Waals surface area contributed by atoms with Gasteiger partial charge in [-0.2, -0.15) is 0 Å². The van der Waals surface area contributed by atoms with Crippen LogP contribution < -0.4 is 20.7 Å². The molecule has 2 heterocycles. The number of halogens is 3. The van der Waals surface area contributed by atoms with Crippen molar-refractivity contribution in [2.75, 3.05) is 44.1 Å². The molecule has 4 N–H and O–H groups in total. The molecule has 3 rings (SSSR count). The largest absolute Gasteiger partial charge is 0.494 e. The van der Waals surface area contributed by atoms with Crippen molar-refractivity contribution in [2.45, 2.75) is 6.54 Å². The molecule has 0 saturated carbocycles. The van der Waals surface area contributed by atoms with E-state index >= 15 is 0 Å². The first-order valence-electron chi connectivity index (χ1n) is 10.6. The van der Waals surface area contributed by atoms with Crippen LogP contribution >= 0.6 is 46.1 Å². The first kappa shape index (κ1) is 28.1. The second-order valence-corrected chi connectivity index (χ2v) is 9.35. The van der Waals surface area contributed by atoms with Crippen molar-refractivity contribution in [3.8, 4) is 5.75 Å². The van der Waals surface area contributed by atoms with Crippen molar-refractivity contribution in [2.24, 2.45) is 0 Å². The van der Waals surface area contributed by atoms with Gasteiger partial charge in [-0.1, -0.05) is 34.8 Å². The molecule has 2 aromatic heterocycles. The van der Waals surface area contributed by atoms with Gasteiger partial charge in [-0.25, -0.2) is 4.98 Å². The first-order chi connectivity index (χ1) is 17.3. The van der Waals surface area contributed by atoms with E-state index in [9.17, 15) is 9.59 Å². The summed E-state index contributed by atoms with van der Waals surface area (Å²) in [6.07, 6.45) is 1.39. The van der Waals surface area contributed by atoms with Gasteiger partial charge in [-0.05, 0) is 29.1 Å². The molecular formula is C23H23Cl3N4O5S. The molecular weight excluding hydrogens is 551 g/mol. The molecule has 0 fully saturated rings. The smallest absolute Gasteiger partial charge is 0.267 e. The Hall–Kier alpha value is -2.44. The Morgan fingerprint density at radius 2 is 1.89 bits per heavy atom. The highest BCUT2D eigenvalue weighted by molar-refractivity contribution is 7.13. The molecule has 192 valence electrons. The van der Waals surface area contributed by atoms with Crippen molar-refractivity contribution in [1.29, 1.82) is 0 Å². The quantitative estimate of drug-likeness (QED) is 0.231. The van der Waals surface area contributed by atoms with Gasteiger partial charge in [0.05, 0.1) is 48.2 Å². The highest BCUT2D eigenvalue weighted by Gasteiger charge is 2.23. The molecule has 0 atom stereocenters. The van der Waals surface area contributed by atoms with Crippen molar-refractivity contribution in [1.82, 2.24) is 10.3 Å². The van der Waals surface area contributed by atoms with Crippen LogP contribution in [0.2, 0.25) is 15.1 Å². The topological polar surface area (TPSA) is 122 Å². The zero-order valence-electron chi connectivity index (χ0n) is 19.1. The summed E-state index contributed by atoms with van der Waals surface area (Å²) < 4.78 is 10.6. The number of benzene rings is 1. The Morgan fingerprint density at radius 1 is 1.08 bits per heavy atom. The zero-order valence-corrected chi connectivity index (χ0v) is 22.2. The summed E-state index contributed by atoms with van der Waals surface area (Å²) in [4.78, 5) is 30.5. The second kappa shape index (κ2) is 13.8. The number of hydrogen-bond donors (Lipinski definition) is 4. The van der Waals surface area contributed by atoms with Gasteiger partial charge in [0.1, 0.15) is 16.4 Å². The van der Waals surface area contributed by atoms with Gasteiger partial charge >= 0.3 is 0 Å². The number of aromatic nitrogens is 1. The third-order valence-electron chi connectivity index (χ3n) is 4.72. The predicted molar refractivity (Wildman–Crippen MR) is 142 cm³/mol. The fourth-order valence-corrected chi connectivity index (χ4v) is 4.62. The number of nitrogens with one attached hydrogen (secondary N) is 3. The van der Waals surface area contributed by atoms with E-state index in [1.165, 1.54) is 36.8 Å². The Bertz CT molecular complexity index is 1210. The van der Waals surface area contributed by atoms with E-state index in [0.29, 0.717) is 29.7 Å². The molecule has 0 aliphatic carbocycles. The maximum Gasteiger partial charge on any atom is 0.267 e. The van der Waals surface area contributed by atoms with Crippen LogP contribution in [-0.4, -0.2) is 55.4 Å². The van der Waals surface area contributed by atoms with E-state index < -0.39 is 11.8 Å². The van der Waals surface area contributed by atoms with Crippen molar-refractivity contribution in [3.05, 3.63) is 66.9 Å². The van der Waals surface area contributed by atoms with Crippen LogP contribution in [0.4, 0.5) is 11.5 Å². The summed E-state index contributed by atoms with van der Waals surface area (Å²) in [5, 5.41) is 20.0. The SMILES string of the molecule is COc1cc(Cl)cc(C(=O)Nc2ccc(Cl)cn2)c1NC(=O)c1scc(CNCCOCCO)c1Cl. The Balaban J connectivity index is 1.77. The van der Waals surface area contributed by atoms with Crippen LogP contribution in [0.5, 0.6) is 5.75 Å². The number of rotatable bonds is 12. The average molecular weight is 574 g/mol. The molecule has 0 aliphatic heterocycles. The third-order valence-corrected chi connectivity index (χ3v) is 6.73. The van der Waals surface area contributed by atoms with E-state index in [1.807, 2.05) is 0 Å². The molecule has 1 aromatic carbocycles. The van der Waals surface area contributed by atoms with E-state index in [4.69, 9.17) is 49.4 Å². The molecule has 0 unspecified atom stereocenters. The van der Waals surface area contributed by atoms with Crippen LogP contribution in [0, 0.1) is 0 Å². The monoisotopic (exact) mass is 572 g/mol. The minimum atomic E-state index is -0.563. The fraction of sp³-hybridized carbons (Fsp3) is 0.261. The highest BCUT2D eigenvalue weighted by atomic mass is 35.5. The van der Waals surface area contributed by atoms with Crippen LogP contribution in [0.15, 0.2) is 35.8 Å². The molecule has 36 heavy (non-hydrogen) atoms. The minimum Gasteiger partial charge on any atom is -0.494 e. The lowest BCUT2D eigenvalue weighted by atomic mass is 10.1. The number of pyridine rings is 1. The number of ether oxygens (including phenoxy) is 2. The summed E-state index contributed by atoms with van der Waals surface area (Å²) in [5.74, 6) is -0.614. The number of carbonyl (C=O) groups excluding carboxylic acids is 2. The van der Waals surface area contributed by atoms with Crippen LogP contribution in [0.25, 0.3) is 0 Å². The number of aliphatic hydroxyl groups is 1. The van der Waals surface area contributed by atoms with Gasteiger partial charge in [0.25, 0.3) is 11.8 Å². The van der Waals surface area contributed by atoms with Crippen LogP contribution in [-0.2, 0) is 11.3 Å². The van der Waals surface area contributed by atoms with Crippen molar-refractivity contribution < 1.29 is 24.2 Å². The van der Waals surface area contributed by atoms with E-state index in [0.717, 1.165) is 5.56 Å². The molecule has 0 bridgehead atoms. The Kier molecular flexibility index (Phi) is 10.7. The lowest BCUT2D eigenvalue weighted by molar-refractivity contribution is 0.0938. The lowest BCUT2D eigenvalue weighted by Crippen LogP contribution is -2.20. The van der Waals surface area contributed by atoms with E-state index in [-0.39, 0.29) is 45.9 Å². The molecule has 9 nitrogen and oxygen atoms in total. The first-order valence-corrected chi connectivity index (χ1v) is 12.6. The molecule has 3 aromatic rings. The number of anilines is 2. The summed E-state index contributed by atoms with van der Waals surface area (Å²) in [6.45, 7) is 1.65. The fourth-order valence-electron chi connectivity index (χ4n) is 3.04. The van der Waals surface area contributed by atoms with Gasteiger partial charge in [0, 0.05) is 30.4 Å². The molecule has 0 saturated heterocycles. The normalized spacial score (nSPS) is 10.8. The number of carbonyl (C=O) groups is 2. The second-order valence-electron chi connectivity index (χ2n) is 7.22. The number of thiophene rings is 1. The minimum absolute atomic E-state index is 0.0331. The van der Waals surface area contributed by atoms with Gasteiger partial charge in [0.15, 0.2) is 0 Å². The van der Waals surface area contributed by atoms with Crippen molar-refractivity contribution in [3.63, 3.8) is 0 Å².